The zero-order valence-electron chi connectivity index (χ0n) is 8.80. The van der Waals surface area contributed by atoms with Gasteiger partial charge in [-0.25, -0.2) is 0 Å². The van der Waals surface area contributed by atoms with Gasteiger partial charge in [0.05, 0.1) is 4.83 Å². The zero-order valence-corrected chi connectivity index (χ0v) is 10.4. The molecular weight excluding hydrogens is 240 g/mol. The second-order valence-electron chi connectivity index (χ2n) is 3.56. The number of alkyl halides is 1. The average Bonchev–Trinajstić information content (AvgIpc) is 2.19. The molecule has 1 rings (SSSR count). The highest BCUT2D eigenvalue weighted by molar-refractivity contribution is 9.10. The summed E-state index contributed by atoms with van der Waals surface area (Å²) in [5.74, 6) is 0.189. The standard InChI is InChI=1S/C12H15BrO/c1-4-11(13)12(14)10-7-8(2)5-6-9(10)3/h5-7,11H,4H2,1-3H3. The van der Waals surface area contributed by atoms with E-state index in [2.05, 4.69) is 15.9 Å². The van der Waals surface area contributed by atoms with E-state index in [1.54, 1.807) is 0 Å². The molecule has 0 aliphatic heterocycles. The quantitative estimate of drug-likeness (QED) is 0.595. The maximum absolute atomic E-state index is 11.9. The van der Waals surface area contributed by atoms with E-state index in [0.29, 0.717) is 0 Å². The van der Waals surface area contributed by atoms with E-state index in [-0.39, 0.29) is 10.6 Å². The van der Waals surface area contributed by atoms with Crippen molar-refractivity contribution in [2.75, 3.05) is 0 Å². The molecule has 0 spiro atoms. The van der Waals surface area contributed by atoms with Gasteiger partial charge in [-0.2, -0.15) is 0 Å². The zero-order chi connectivity index (χ0) is 10.7. The van der Waals surface area contributed by atoms with Crippen molar-refractivity contribution in [3.05, 3.63) is 34.9 Å². The van der Waals surface area contributed by atoms with Crippen molar-refractivity contribution < 1.29 is 4.79 Å². The Balaban J connectivity index is 3.06. The number of carbonyl (C=O) groups is 1. The second-order valence-corrected chi connectivity index (χ2v) is 4.66. The molecule has 0 fully saturated rings. The van der Waals surface area contributed by atoms with Crippen molar-refractivity contribution in [2.45, 2.75) is 32.0 Å². The maximum atomic E-state index is 11.9. The van der Waals surface area contributed by atoms with Crippen LogP contribution in [0.25, 0.3) is 0 Å². The van der Waals surface area contributed by atoms with E-state index in [4.69, 9.17) is 0 Å². The lowest BCUT2D eigenvalue weighted by molar-refractivity contribution is 0.0989. The lowest BCUT2D eigenvalue weighted by Gasteiger charge is -2.09. The van der Waals surface area contributed by atoms with Gasteiger partial charge in [0.15, 0.2) is 5.78 Å². The number of rotatable bonds is 3. The fourth-order valence-electron chi connectivity index (χ4n) is 1.36. The number of ketones is 1. The fourth-order valence-corrected chi connectivity index (χ4v) is 1.60. The summed E-state index contributed by atoms with van der Waals surface area (Å²) in [6.07, 6.45) is 0.826. The van der Waals surface area contributed by atoms with Crippen LogP contribution >= 0.6 is 15.9 Å². The Morgan fingerprint density at radius 1 is 1.43 bits per heavy atom. The first-order valence-electron chi connectivity index (χ1n) is 4.81. The van der Waals surface area contributed by atoms with Crippen molar-refractivity contribution in [3.8, 4) is 0 Å². The number of hydrogen-bond donors (Lipinski definition) is 0. The summed E-state index contributed by atoms with van der Waals surface area (Å²) >= 11 is 3.39. The van der Waals surface area contributed by atoms with Gasteiger partial charge in [-0.15, -0.1) is 0 Å². The smallest absolute Gasteiger partial charge is 0.176 e. The van der Waals surface area contributed by atoms with Crippen LogP contribution in [0.1, 0.15) is 34.8 Å². The molecule has 0 N–H and O–H groups in total. The second kappa shape index (κ2) is 4.74. The number of aryl methyl sites for hydroxylation is 2. The summed E-state index contributed by atoms with van der Waals surface area (Å²) < 4.78 is 0. The van der Waals surface area contributed by atoms with Crippen LogP contribution in [0.4, 0.5) is 0 Å². The van der Waals surface area contributed by atoms with E-state index in [1.807, 2.05) is 39.0 Å². The first kappa shape index (κ1) is 11.4. The van der Waals surface area contributed by atoms with Gasteiger partial charge >= 0.3 is 0 Å². The van der Waals surface area contributed by atoms with Gasteiger partial charge in [-0.3, -0.25) is 4.79 Å². The molecule has 0 bridgehead atoms. The molecule has 0 aromatic heterocycles. The molecule has 2 heteroatoms. The highest BCUT2D eigenvalue weighted by Gasteiger charge is 2.16. The van der Waals surface area contributed by atoms with Crippen LogP contribution < -0.4 is 0 Å². The molecule has 76 valence electrons. The normalized spacial score (nSPS) is 12.6. The minimum atomic E-state index is -0.0528. The maximum Gasteiger partial charge on any atom is 0.176 e. The summed E-state index contributed by atoms with van der Waals surface area (Å²) in [6.45, 7) is 5.98. The van der Waals surface area contributed by atoms with Crippen molar-refractivity contribution in [2.24, 2.45) is 0 Å². The van der Waals surface area contributed by atoms with Crippen molar-refractivity contribution in [1.82, 2.24) is 0 Å². The van der Waals surface area contributed by atoms with Gasteiger partial charge in [-0.1, -0.05) is 40.5 Å². The third kappa shape index (κ3) is 2.44. The highest BCUT2D eigenvalue weighted by atomic mass is 79.9. The van der Waals surface area contributed by atoms with Crippen LogP contribution in [-0.4, -0.2) is 10.6 Å². The third-order valence-electron chi connectivity index (χ3n) is 2.30. The van der Waals surface area contributed by atoms with Crippen LogP contribution in [-0.2, 0) is 0 Å². The first-order chi connectivity index (χ1) is 6.56. The molecule has 14 heavy (non-hydrogen) atoms. The molecule has 1 aromatic rings. The van der Waals surface area contributed by atoms with Crippen LogP contribution in [0.2, 0.25) is 0 Å². The molecular formula is C12H15BrO. The van der Waals surface area contributed by atoms with Crippen LogP contribution in [0.3, 0.4) is 0 Å². The van der Waals surface area contributed by atoms with Gasteiger partial charge < -0.3 is 0 Å². The summed E-state index contributed by atoms with van der Waals surface area (Å²) in [5, 5.41) is 0. The first-order valence-corrected chi connectivity index (χ1v) is 5.73. The number of halogens is 1. The summed E-state index contributed by atoms with van der Waals surface area (Å²) in [5.41, 5.74) is 3.03. The molecule has 0 aliphatic carbocycles. The molecule has 0 saturated heterocycles. The molecule has 1 aromatic carbocycles. The molecule has 0 amide bonds. The van der Waals surface area contributed by atoms with E-state index in [1.165, 1.54) is 0 Å². The van der Waals surface area contributed by atoms with E-state index in [0.717, 1.165) is 23.1 Å². The van der Waals surface area contributed by atoms with E-state index in [9.17, 15) is 4.79 Å². The van der Waals surface area contributed by atoms with Gasteiger partial charge in [0.25, 0.3) is 0 Å². The van der Waals surface area contributed by atoms with Crippen LogP contribution in [0.5, 0.6) is 0 Å². The van der Waals surface area contributed by atoms with Gasteiger partial charge in [0, 0.05) is 5.56 Å². The molecule has 0 aliphatic rings. The summed E-state index contributed by atoms with van der Waals surface area (Å²) in [7, 11) is 0. The van der Waals surface area contributed by atoms with Gasteiger partial charge in [-0.05, 0) is 31.9 Å². The molecule has 1 nitrogen and oxygen atoms in total. The minimum Gasteiger partial charge on any atom is -0.293 e. The molecule has 0 heterocycles. The number of carbonyl (C=O) groups excluding carboxylic acids is 1. The van der Waals surface area contributed by atoms with Crippen molar-refractivity contribution in [3.63, 3.8) is 0 Å². The Hall–Kier alpha value is -0.630. The molecule has 0 saturated carbocycles. The number of hydrogen-bond acceptors (Lipinski definition) is 1. The van der Waals surface area contributed by atoms with Crippen LogP contribution in [0, 0.1) is 13.8 Å². The van der Waals surface area contributed by atoms with Gasteiger partial charge in [0.2, 0.25) is 0 Å². The minimum absolute atomic E-state index is 0.0528. The van der Waals surface area contributed by atoms with Crippen molar-refractivity contribution in [1.29, 1.82) is 0 Å². The Bertz CT molecular complexity index is 344. The van der Waals surface area contributed by atoms with Crippen molar-refractivity contribution >= 4 is 21.7 Å². The monoisotopic (exact) mass is 254 g/mol. The molecule has 1 unspecified atom stereocenters. The molecule has 0 radical (unpaired) electrons. The Morgan fingerprint density at radius 2 is 2.07 bits per heavy atom. The lowest BCUT2D eigenvalue weighted by Crippen LogP contribution is -2.14. The number of Topliss-reactive ketones (excluding diaryl/α,β-unsaturated/α-hetero) is 1. The Morgan fingerprint density at radius 3 is 2.64 bits per heavy atom. The Kier molecular flexibility index (Phi) is 3.87. The van der Waals surface area contributed by atoms with E-state index >= 15 is 0 Å². The topological polar surface area (TPSA) is 17.1 Å². The average molecular weight is 255 g/mol. The van der Waals surface area contributed by atoms with E-state index < -0.39 is 0 Å². The van der Waals surface area contributed by atoms with Crippen LogP contribution in [0.15, 0.2) is 18.2 Å². The summed E-state index contributed by atoms with van der Waals surface area (Å²) in [4.78, 5) is 11.8. The Labute approximate surface area is 93.7 Å². The fraction of sp³-hybridized carbons (Fsp3) is 0.417. The van der Waals surface area contributed by atoms with Gasteiger partial charge in [0.1, 0.15) is 0 Å². The molecule has 1 atom stereocenters. The largest absolute Gasteiger partial charge is 0.293 e. The predicted octanol–water partition coefficient (Wildman–Crippen LogP) is 3.66. The highest BCUT2D eigenvalue weighted by Crippen LogP contribution is 2.17. The summed E-state index contributed by atoms with van der Waals surface area (Å²) in [6, 6.07) is 5.99. The predicted molar refractivity (Wildman–Crippen MR) is 63.3 cm³/mol. The lowest BCUT2D eigenvalue weighted by atomic mass is 9.99. The SMILES string of the molecule is CCC(Br)C(=O)c1cc(C)ccc1C. The number of benzene rings is 1. The third-order valence-corrected chi connectivity index (χ3v) is 3.36.